The van der Waals surface area contributed by atoms with Crippen LogP contribution in [0.3, 0.4) is 0 Å². The number of ether oxygens (including phenoxy) is 1. The first kappa shape index (κ1) is 11.9. The number of halogens is 1. The fourth-order valence-electron chi connectivity index (χ4n) is 1.42. The second-order valence-corrected chi connectivity index (χ2v) is 5.11. The highest BCUT2D eigenvalue weighted by Crippen LogP contribution is 2.17. The van der Waals surface area contributed by atoms with Crippen molar-refractivity contribution in [2.75, 3.05) is 0 Å². The molecule has 0 saturated carbocycles. The van der Waals surface area contributed by atoms with E-state index in [0.717, 1.165) is 5.52 Å². The Balaban J connectivity index is 2.33. The molecule has 0 N–H and O–H groups in total. The summed E-state index contributed by atoms with van der Waals surface area (Å²) < 4.78 is 6.97. The smallest absolute Gasteiger partial charge is 0.340 e. The standard InChI is InChI=1S/C12H13ClN2O2/c1-12(2,3)17-11(16)8-4-5-9-10(13)14-7-15(9)6-8/h4-7H,1-3H3. The predicted molar refractivity (Wildman–Crippen MR) is 65.4 cm³/mol. The number of esters is 1. The normalized spacial score (nSPS) is 11.8. The number of carbonyl (C=O) groups is 1. The molecule has 0 unspecified atom stereocenters. The summed E-state index contributed by atoms with van der Waals surface area (Å²) in [4.78, 5) is 15.8. The minimum Gasteiger partial charge on any atom is -0.456 e. The van der Waals surface area contributed by atoms with Crippen LogP contribution in [-0.2, 0) is 4.74 Å². The van der Waals surface area contributed by atoms with Crippen molar-refractivity contribution in [2.45, 2.75) is 26.4 Å². The third-order valence-corrected chi connectivity index (χ3v) is 2.41. The fraction of sp³-hybridized carbons (Fsp3) is 0.333. The minimum absolute atomic E-state index is 0.357. The second-order valence-electron chi connectivity index (χ2n) is 4.75. The molecule has 2 heterocycles. The van der Waals surface area contributed by atoms with Crippen molar-refractivity contribution >= 4 is 23.1 Å². The van der Waals surface area contributed by atoms with Gasteiger partial charge in [0.05, 0.1) is 11.1 Å². The first-order valence-electron chi connectivity index (χ1n) is 5.22. The molecule has 0 aliphatic carbocycles. The molecule has 0 atom stereocenters. The van der Waals surface area contributed by atoms with E-state index in [1.807, 2.05) is 20.8 Å². The van der Waals surface area contributed by atoms with E-state index < -0.39 is 5.60 Å². The summed E-state index contributed by atoms with van der Waals surface area (Å²) in [6.45, 7) is 5.49. The molecule has 0 bridgehead atoms. The molecular weight excluding hydrogens is 240 g/mol. The van der Waals surface area contributed by atoms with Crippen molar-refractivity contribution in [1.29, 1.82) is 0 Å². The van der Waals surface area contributed by atoms with Crippen molar-refractivity contribution in [3.8, 4) is 0 Å². The highest BCUT2D eigenvalue weighted by atomic mass is 35.5. The lowest BCUT2D eigenvalue weighted by atomic mass is 10.2. The topological polar surface area (TPSA) is 43.6 Å². The van der Waals surface area contributed by atoms with Crippen LogP contribution < -0.4 is 0 Å². The Morgan fingerprint density at radius 3 is 2.76 bits per heavy atom. The highest BCUT2D eigenvalue weighted by Gasteiger charge is 2.18. The summed E-state index contributed by atoms with van der Waals surface area (Å²) in [7, 11) is 0. The Labute approximate surface area is 104 Å². The van der Waals surface area contributed by atoms with Crippen LogP contribution in [0.4, 0.5) is 0 Å². The molecule has 2 aromatic rings. The van der Waals surface area contributed by atoms with Gasteiger partial charge in [-0.2, -0.15) is 0 Å². The number of pyridine rings is 1. The van der Waals surface area contributed by atoms with Crippen molar-refractivity contribution < 1.29 is 9.53 Å². The number of aromatic nitrogens is 2. The van der Waals surface area contributed by atoms with Gasteiger partial charge in [0.25, 0.3) is 0 Å². The molecule has 4 nitrogen and oxygen atoms in total. The molecule has 0 spiro atoms. The van der Waals surface area contributed by atoms with Gasteiger partial charge in [-0.25, -0.2) is 9.78 Å². The monoisotopic (exact) mass is 252 g/mol. The maximum Gasteiger partial charge on any atom is 0.340 e. The van der Waals surface area contributed by atoms with E-state index in [2.05, 4.69) is 4.98 Å². The summed E-state index contributed by atoms with van der Waals surface area (Å²) in [5.41, 5.74) is 0.735. The zero-order chi connectivity index (χ0) is 12.6. The first-order valence-corrected chi connectivity index (χ1v) is 5.60. The molecule has 0 saturated heterocycles. The number of nitrogens with zero attached hydrogens (tertiary/aromatic N) is 2. The third-order valence-electron chi connectivity index (χ3n) is 2.12. The van der Waals surface area contributed by atoms with Crippen molar-refractivity contribution in [1.82, 2.24) is 9.38 Å². The Kier molecular flexibility index (Phi) is 2.83. The van der Waals surface area contributed by atoms with Crippen LogP contribution in [0.15, 0.2) is 24.7 Å². The molecule has 5 heteroatoms. The first-order chi connectivity index (χ1) is 7.87. The van der Waals surface area contributed by atoms with Gasteiger partial charge in [-0.1, -0.05) is 11.6 Å². The van der Waals surface area contributed by atoms with Gasteiger partial charge in [-0.05, 0) is 32.9 Å². The van der Waals surface area contributed by atoms with E-state index >= 15 is 0 Å². The SMILES string of the molecule is CC(C)(C)OC(=O)c1ccc2c(Cl)ncn2c1. The lowest BCUT2D eigenvalue weighted by molar-refractivity contribution is 0.00690. The van der Waals surface area contributed by atoms with Crippen LogP contribution in [0.1, 0.15) is 31.1 Å². The van der Waals surface area contributed by atoms with Gasteiger partial charge in [0.15, 0.2) is 5.15 Å². The number of imidazole rings is 1. The van der Waals surface area contributed by atoms with Crippen LogP contribution >= 0.6 is 11.6 Å². The summed E-state index contributed by atoms with van der Waals surface area (Å²) in [5.74, 6) is -0.357. The van der Waals surface area contributed by atoms with E-state index in [0.29, 0.717) is 10.7 Å². The second kappa shape index (κ2) is 4.04. The van der Waals surface area contributed by atoms with Gasteiger partial charge in [-0.3, -0.25) is 0 Å². The predicted octanol–water partition coefficient (Wildman–Crippen LogP) is 2.94. The van der Waals surface area contributed by atoms with Crippen LogP contribution in [0.5, 0.6) is 0 Å². The summed E-state index contributed by atoms with van der Waals surface area (Å²) in [5, 5.41) is 0.417. The van der Waals surface area contributed by atoms with E-state index in [4.69, 9.17) is 16.3 Å². The number of rotatable bonds is 1. The van der Waals surface area contributed by atoms with E-state index in [1.165, 1.54) is 0 Å². The number of carbonyl (C=O) groups excluding carboxylic acids is 1. The van der Waals surface area contributed by atoms with Gasteiger partial charge < -0.3 is 9.14 Å². The van der Waals surface area contributed by atoms with Gasteiger partial charge in [0.2, 0.25) is 0 Å². The molecule has 0 aliphatic rings. The quantitative estimate of drug-likeness (QED) is 0.733. The number of hydrogen-bond donors (Lipinski definition) is 0. The third kappa shape index (κ3) is 2.58. The molecule has 0 aromatic carbocycles. The Morgan fingerprint density at radius 1 is 1.41 bits per heavy atom. The van der Waals surface area contributed by atoms with Crippen LogP contribution in [0.2, 0.25) is 5.15 Å². The summed E-state index contributed by atoms with van der Waals surface area (Å²) in [6.07, 6.45) is 3.22. The highest BCUT2D eigenvalue weighted by molar-refractivity contribution is 6.32. The zero-order valence-corrected chi connectivity index (χ0v) is 10.7. The van der Waals surface area contributed by atoms with Gasteiger partial charge in [-0.15, -0.1) is 0 Å². The zero-order valence-electron chi connectivity index (χ0n) is 9.90. The van der Waals surface area contributed by atoms with Crippen molar-refractivity contribution in [3.05, 3.63) is 35.4 Å². The molecule has 0 amide bonds. The molecule has 2 rings (SSSR count). The largest absolute Gasteiger partial charge is 0.456 e. The van der Waals surface area contributed by atoms with Gasteiger partial charge in [0, 0.05) is 6.20 Å². The van der Waals surface area contributed by atoms with Crippen LogP contribution in [-0.4, -0.2) is 21.0 Å². The average Bonchev–Trinajstić information content (AvgIpc) is 2.57. The van der Waals surface area contributed by atoms with Gasteiger partial charge in [0.1, 0.15) is 11.9 Å². The van der Waals surface area contributed by atoms with Crippen molar-refractivity contribution in [2.24, 2.45) is 0 Å². The maximum absolute atomic E-state index is 11.8. The average molecular weight is 253 g/mol. The van der Waals surface area contributed by atoms with Gasteiger partial charge >= 0.3 is 5.97 Å². The molecule has 90 valence electrons. The van der Waals surface area contributed by atoms with Crippen molar-refractivity contribution in [3.63, 3.8) is 0 Å². The lowest BCUT2D eigenvalue weighted by Crippen LogP contribution is -2.24. The lowest BCUT2D eigenvalue weighted by Gasteiger charge is -2.19. The van der Waals surface area contributed by atoms with E-state index in [-0.39, 0.29) is 5.97 Å². The number of fused-ring (bicyclic) bond motifs is 1. The van der Waals surface area contributed by atoms with Crippen LogP contribution in [0, 0.1) is 0 Å². The fourth-order valence-corrected chi connectivity index (χ4v) is 1.63. The molecule has 0 fully saturated rings. The molecule has 2 aromatic heterocycles. The maximum atomic E-state index is 11.8. The molecular formula is C12H13ClN2O2. The minimum atomic E-state index is -0.501. The Bertz CT molecular complexity index is 569. The van der Waals surface area contributed by atoms with E-state index in [1.54, 1.807) is 29.1 Å². The van der Waals surface area contributed by atoms with Crippen LogP contribution in [0.25, 0.3) is 5.52 Å². The Hall–Kier alpha value is -1.55. The Morgan fingerprint density at radius 2 is 2.12 bits per heavy atom. The molecule has 0 radical (unpaired) electrons. The molecule has 0 aliphatic heterocycles. The summed E-state index contributed by atoms with van der Waals surface area (Å²) in [6, 6.07) is 3.42. The number of hydrogen-bond acceptors (Lipinski definition) is 3. The van der Waals surface area contributed by atoms with E-state index in [9.17, 15) is 4.79 Å². The summed E-state index contributed by atoms with van der Waals surface area (Å²) >= 11 is 5.86. The molecule has 17 heavy (non-hydrogen) atoms.